The first-order valence-electron chi connectivity index (χ1n) is 9.82. The van der Waals surface area contributed by atoms with Crippen molar-refractivity contribution in [1.29, 1.82) is 0 Å². The van der Waals surface area contributed by atoms with E-state index in [1.807, 2.05) is 24.9 Å². The quantitative estimate of drug-likeness (QED) is 0.794. The average molecular weight is 395 g/mol. The molecule has 8 nitrogen and oxygen atoms in total. The number of aromatic nitrogens is 2. The predicted octanol–water partition coefficient (Wildman–Crippen LogP) is 2.32. The highest BCUT2D eigenvalue weighted by Crippen LogP contribution is 2.23. The van der Waals surface area contributed by atoms with Crippen LogP contribution in [0.5, 0.6) is 0 Å². The number of piperazine rings is 1. The SMILES string of the molecule is Cc1cnc(N2CCN(C(=O)c3cnc(N4CCOC4=O)c(C)c3)CC2)c(C)c1. The molecule has 2 saturated heterocycles. The molecule has 4 rings (SSSR count). The molecule has 4 heterocycles. The molecule has 2 aromatic rings. The van der Waals surface area contributed by atoms with Crippen LogP contribution in [-0.4, -0.2) is 66.2 Å². The lowest BCUT2D eigenvalue weighted by Gasteiger charge is -2.36. The Labute approximate surface area is 170 Å². The van der Waals surface area contributed by atoms with Crippen LogP contribution >= 0.6 is 0 Å². The molecule has 0 saturated carbocycles. The molecule has 0 atom stereocenters. The van der Waals surface area contributed by atoms with Gasteiger partial charge in [0.2, 0.25) is 0 Å². The van der Waals surface area contributed by atoms with Crippen LogP contribution < -0.4 is 9.80 Å². The Hall–Kier alpha value is -3.16. The second kappa shape index (κ2) is 7.69. The van der Waals surface area contributed by atoms with Gasteiger partial charge in [0, 0.05) is 38.6 Å². The topological polar surface area (TPSA) is 78.9 Å². The number of carbonyl (C=O) groups is 2. The molecule has 0 N–H and O–H groups in total. The highest BCUT2D eigenvalue weighted by Gasteiger charge is 2.28. The zero-order valence-corrected chi connectivity index (χ0v) is 17.0. The summed E-state index contributed by atoms with van der Waals surface area (Å²) in [4.78, 5) is 39.2. The summed E-state index contributed by atoms with van der Waals surface area (Å²) < 4.78 is 4.97. The monoisotopic (exact) mass is 395 g/mol. The Kier molecular flexibility index (Phi) is 5.08. The van der Waals surface area contributed by atoms with Gasteiger partial charge in [-0.05, 0) is 43.5 Å². The number of ether oxygens (including phenoxy) is 1. The van der Waals surface area contributed by atoms with E-state index in [0.717, 1.165) is 35.6 Å². The predicted molar refractivity (Wildman–Crippen MR) is 109 cm³/mol. The summed E-state index contributed by atoms with van der Waals surface area (Å²) in [5.41, 5.74) is 3.62. The summed E-state index contributed by atoms with van der Waals surface area (Å²) in [6, 6.07) is 3.93. The number of rotatable bonds is 3. The molecular formula is C21H25N5O3. The molecule has 2 aliphatic heterocycles. The van der Waals surface area contributed by atoms with Gasteiger partial charge in [-0.2, -0.15) is 0 Å². The Morgan fingerprint density at radius 2 is 1.62 bits per heavy atom. The van der Waals surface area contributed by atoms with Crippen LogP contribution in [0.25, 0.3) is 0 Å². The molecule has 0 radical (unpaired) electrons. The Morgan fingerprint density at radius 1 is 0.931 bits per heavy atom. The zero-order chi connectivity index (χ0) is 20.5. The van der Waals surface area contributed by atoms with E-state index < -0.39 is 6.09 Å². The van der Waals surface area contributed by atoms with E-state index in [9.17, 15) is 9.59 Å². The minimum Gasteiger partial charge on any atom is -0.447 e. The van der Waals surface area contributed by atoms with Crippen molar-refractivity contribution in [3.8, 4) is 0 Å². The van der Waals surface area contributed by atoms with Crippen molar-refractivity contribution in [2.75, 3.05) is 49.1 Å². The lowest BCUT2D eigenvalue weighted by atomic mass is 10.1. The maximum Gasteiger partial charge on any atom is 0.415 e. The summed E-state index contributed by atoms with van der Waals surface area (Å²) in [5, 5.41) is 0. The highest BCUT2D eigenvalue weighted by molar-refractivity contribution is 5.95. The number of aryl methyl sites for hydroxylation is 3. The van der Waals surface area contributed by atoms with Crippen LogP contribution in [-0.2, 0) is 4.74 Å². The van der Waals surface area contributed by atoms with E-state index >= 15 is 0 Å². The first kappa shape index (κ1) is 19.2. The van der Waals surface area contributed by atoms with Gasteiger partial charge >= 0.3 is 6.09 Å². The minimum absolute atomic E-state index is 0.0376. The van der Waals surface area contributed by atoms with Gasteiger partial charge in [-0.15, -0.1) is 0 Å². The maximum absolute atomic E-state index is 13.0. The van der Waals surface area contributed by atoms with E-state index in [2.05, 4.69) is 27.9 Å². The molecule has 2 aromatic heterocycles. The molecule has 8 heteroatoms. The standard InChI is InChI=1S/C21H25N5O3/c1-14-10-15(2)18(22-12-14)24-4-6-25(7-5-24)20(27)17-11-16(3)19(23-13-17)26-8-9-29-21(26)28/h10-13H,4-9H2,1-3H3. The molecule has 152 valence electrons. The van der Waals surface area contributed by atoms with Crippen molar-refractivity contribution in [2.24, 2.45) is 0 Å². The molecule has 0 aromatic carbocycles. The average Bonchev–Trinajstić information content (AvgIpc) is 3.13. The van der Waals surface area contributed by atoms with Gasteiger partial charge < -0.3 is 14.5 Å². The highest BCUT2D eigenvalue weighted by atomic mass is 16.6. The van der Waals surface area contributed by atoms with Gasteiger partial charge in [-0.3, -0.25) is 9.69 Å². The fourth-order valence-electron chi connectivity index (χ4n) is 3.90. The molecule has 0 aliphatic carbocycles. The number of carbonyl (C=O) groups excluding carboxylic acids is 2. The number of pyridine rings is 2. The lowest BCUT2D eigenvalue weighted by Crippen LogP contribution is -2.49. The summed E-state index contributed by atoms with van der Waals surface area (Å²) >= 11 is 0. The third kappa shape index (κ3) is 3.74. The largest absolute Gasteiger partial charge is 0.447 e. The fourth-order valence-corrected chi connectivity index (χ4v) is 3.90. The second-order valence-corrected chi connectivity index (χ2v) is 7.56. The molecule has 0 bridgehead atoms. The van der Waals surface area contributed by atoms with E-state index in [4.69, 9.17) is 4.74 Å². The number of hydrogen-bond donors (Lipinski definition) is 0. The number of cyclic esters (lactones) is 1. The van der Waals surface area contributed by atoms with Gasteiger partial charge in [0.15, 0.2) is 0 Å². The Bertz CT molecular complexity index is 953. The van der Waals surface area contributed by atoms with Crippen LogP contribution in [0, 0.1) is 20.8 Å². The third-order valence-corrected chi connectivity index (χ3v) is 5.37. The van der Waals surface area contributed by atoms with Crippen molar-refractivity contribution in [3.05, 3.63) is 46.8 Å². The molecule has 29 heavy (non-hydrogen) atoms. The van der Waals surface area contributed by atoms with E-state index in [0.29, 0.717) is 37.6 Å². The van der Waals surface area contributed by atoms with Gasteiger partial charge in [0.25, 0.3) is 5.91 Å². The maximum atomic E-state index is 13.0. The molecule has 2 aliphatic rings. The van der Waals surface area contributed by atoms with E-state index in [-0.39, 0.29) is 5.91 Å². The number of nitrogens with zero attached hydrogens (tertiary/aromatic N) is 5. The summed E-state index contributed by atoms with van der Waals surface area (Å²) in [6.07, 6.45) is 3.04. The smallest absolute Gasteiger partial charge is 0.415 e. The fraction of sp³-hybridized carbons (Fsp3) is 0.429. The van der Waals surface area contributed by atoms with Crippen molar-refractivity contribution < 1.29 is 14.3 Å². The van der Waals surface area contributed by atoms with E-state index in [1.54, 1.807) is 12.3 Å². The van der Waals surface area contributed by atoms with E-state index in [1.165, 1.54) is 4.90 Å². The normalized spacial score (nSPS) is 16.9. The van der Waals surface area contributed by atoms with Crippen molar-refractivity contribution >= 4 is 23.6 Å². The molecule has 0 spiro atoms. The number of amides is 2. The van der Waals surface area contributed by atoms with Gasteiger partial charge in [-0.1, -0.05) is 6.07 Å². The van der Waals surface area contributed by atoms with Crippen LogP contribution in [0.3, 0.4) is 0 Å². The zero-order valence-electron chi connectivity index (χ0n) is 17.0. The summed E-state index contributed by atoms with van der Waals surface area (Å²) in [7, 11) is 0. The third-order valence-electron chi connectivity index (χ3n) is 5.37. The summed E-state index contributed by atoms with van der Waals surface area (Å²) in [6.45, 7) is 9.55. The Morgan fingerprint density at radius 3 is 2.24 bits per heavy atom. The van der Waals surface area contributed by atoms with Crippen molar-refractivity contribution in [2.45, 2.75) is 20.8 Å². The van der Waals surface area contributed by atoms with Gasteiger partial charge in [-0.25, -0.2) is 14.8 Å². The van der Waals surface area contributed by atoms with Crippen molar-refractivity contribution in [1.82, 2.24) is 14.9 Å². The lowest BCUT2D eigenvalue weighted by molar-refractivity contribution is 0.0746. The van der Waals surface area contributed by atoms with Crippen LogP contribution in [0.4, 0.5) is 16.4 Å². The molecule has 2 fully saturated rings. The van der Waals surface area contributed by atoms with Crippen LogP contribution in [0.15, 0.2) is 24.5 Å². The number of hydrogen-bond acceptors (Lipinski definition) is 6. The van der Waals surface area contributed by atoms with Crippen LogP contribution in [0.2, 0.25) is 0 Å². The molecular weight excluding hydrogens is 370 g/mol. The number of anilines is 2. The van der Waals surface area contributed by atoms with Crippen LogP contribution in [0.1, 0.15) is 27.0 Å². The minimum atomic E-state index is -0.393. The Balaban J connectivity index is 1.43. The van der Waals surface area contributed by atoms with Gasteiger partial charge in [0.05, 0.1) is 12.1 Å². The molecule has 2 amide bonds. The first-order chi connectivity index (χ1) is 13.9. The summed E-state index contributed by atoms with van der Waals surface area (Å²) in [5.74, 6) is 1.50. The second-order valence-electron chi connectivity index (χ2n) is 7.56. The van der Waals surface area contributed by atoms with Gasteiger partial charge in [0.1, 0.15) is 18.2 Å². The molecule has 0 unspecified atom stereocenters. The first-order valence-corrected chi connectivity index (χ1v) is 9.82. The van der Waals surface area contributed by atoms with Crippen molar-refractivity contribution in [3.63, 3.8) is 0 Å².